The molecule has 9 heteroatoms. The molecular formula is C14H21N7O2. The zero-order chi connectivity index (χ0) is 17.0. The predicted molar refractivity (Wildman–Crippen MR) is 90.8 cm³/mol. The van der Waals surface area contributed by atoms with Crippen molar-refractivity contribution in [1.29, 1.82) is 0 Å². The summed E-state index contributed by atoms with van der Waals surface area (Å²) in [5.74, 6) is 0.271. The Labute approximate surface area is 134 Å². The molecule has 0 amide bonds. The Morgan fingerprint density at radius 1 is 1.30 bits per heavy atom. The van der Waals surface area contributed by atoms with Crippen LogP contribution in [-0.4, -0.2) is 29.9 Å². The fourth-order valence-electron chi connectivity index (χ4n) is 2.53. The van der Waals surface area contributed by atoms with Crippen molar-refractivity contribution in [2.45, 2.75) is 19.8 Å². The minimum atomic E-state index is -0.414. The van der Waals surface area contributed by atoms with Crippen molar-refractivity contribution in [3.05, 3.63) is 28.3 Å². The zero-order valence-electron chi connectivity index (χ0n) is 13.0. The lowest BCUT2D eigenvalue weighted by atomic mass is 9.98. The number of guanidine groups is 2. The monoisotopic (exact) mass is 319 g/mol. The topological polar surface area (TPSA) is 149 Å². The van der Waals surface area contributed by atoms with Crippen LogP contribution in [-0.2, 0) is 0 Å². The van der Waals surface area contributed by atoms with E-state index in [9.17, 15) is 10.1 Å². The number of anilines is 1. The molecule has 0 bridgehead atoms. The van der Waals surface area contributed by atoms with Crippen LogP contribution in [0.25, 0.3) is 0 Å². The first-order valence-corrected chi connectivity index (χ1v) is 7.34. The molecule has 1 aliphatic rings. The number of piperidine rings is 1. The molecule has 1 fully saturated rings. The van der Waals surface area contributed by atoms with Crippen LogP contribution in [0, 0.1) is 16.0 Å². The SMILES string of the molecule is CC1CCN(c2ccc(N=C(N)N=C(N)N)cc2[N+](=O)[O-])CC1. The predicted octanol–water partition coefficient (Wildman–Crippen LogP) is 1.05. The number of nitro groups is 1. The molecule has 124 valence electrons. The molecule has 1 aliphatic heterocycles. The number of rotatable bonds is 3. The molecular weight excluding hydrogens is 298 g/mol. The van der Waals surface area contributed by atoms with Crippen molar-refractivity contribution >= 4 is 29.0 Å². The molecule has 9 nitrogen and oxygen atoms in total. The third-order valence-electron chi connectivity index (χ3n) is 3.77. The minimum Gasteiger partial charge on any atom is -0.370 e. The summed E-state index contributed by atoms with van der Waals surface area (Å²) >= 11 is 0. The first kappa shape index (κ1) is 16.5. The van der Waals surface area contributed by atoms with Crippen molar-refractivity contribution in [2.75, 3.05) is 18.0 Å². The van der Waals surface area contributed by atoms with Crippen LogP contribution in [0.15, 0.2) is 28.2 Å². The molecule has 0 atom stereocenters. The number of aliphatic imine (C=N–C) groups is 2. The van der Waals surface area contributed by atoms with Crippen molar-refractivity contribution < 1.29 is 4.92 Å². The Kier molecular flexibility index (Phi) is 4.99. The van der Waals surface area contributed by atoms with Gasteiger partial charge in [0.25, 0.3) is 5.69 Å². The highest BCUT2D eigenvalue weighted by molar-refractivity contribution is 5.93. The lowest BCUT2D eigenvalue weighted by molar-refractivity contribution is -0.384. The Balaban J connectivity index is 2.32. The maximum absolute atomic E-state index is 11.4. The van der Waals surface area contributed by atoms with Gasteiger partial charge in [-0.25, -0.2) is 4.99 Å². The summed E-state index contributed by atoms with van der Waals surface area (Å²) in [5, 5.41) is 11.4. The third-order valence-corrected chi connectivity index (χ3v) is 3.77. The van der Waals surface area contributed by atoms with E-state index >= 15 is 0 Å². The molecule has 0 aromatic heterocycles. The zero-order valence-corrected chi connectivity index (χ0v) is 13.0. The summed E-state index contributed by atoms with van der Waals surface area (Å²) < 4.78 is 0. The maximum atomic E-state index is 11.4. The third kappa shape index (κ3) is 4.31. The standard InChI is InChI=1S/C14H21N7O2/c1-9-4-6-20(7-5-9)11-3-2-10(8-12(11)21(22)23)18-14(17)19-13(15)16/h2-3,8-9H,4-7H2,1H3,(H6,15,16,17,18,19). The summed E-state index contributed by atoms with van der Waals surface area (Å²) in [7, 11) is 0. The maximum Gasteiger partial charge on any atom is 0.294 e. The highest BCUT2D eigenvalue weighted by Gasteiger charge is 2.23. The van der Waals surface area contributed by atoms with Crippen LogP contribution >= 0.6 is 0 Å². The van der Waals surface area contributed by atoms with Crippen LogP contribution in [0.3, 0.4) is 0 Å². The number of nitrogens with two attached hydrogens (primary N) is 3. The van der Waals surface area contributed by atoms with Gasteiger partial charge in [0.15, 0.2) is 5.96 Å². The van der Waals surface area contributed by atoms with Crippen LogP contribution < -0.4 is 22.1 Å². The van der Waals surface area contributed by atoms with E-state index in [1.54, 1.807) is 12.1 Å². The number of benzene rings is 1. The summed E-state index contributed by atoms with van der Waals surface area (Å²) in [4.78, 5) is 20.5. The number of hydrogen-bond acceptors (Lipinski definition) is 4. The van der Waals surface area contributed by atoms with Crippen LogP contribution in [0.2, 0.25) is 0 Å². The second kappa shape index (κ2) is 6.95. The molecule has 0 radical (unpaired) electrons. The largest absolute Gasteiger partial charge is 0.370 e. The highest BCUT2D eigenvalue weighted by atomic mass is 16.6. The van der Waals surface area contributed by atoms with Gasteiger partial charge in [-0.2, -0.15) is 4.99 Å². The molecule has 1 aromatic carbocycles. The van der Waals surface area contributed by atoms with Crippen molar-refractivity contribution in [3.8, 4) is 0 Å². The summed E-state index contributed by atoms with van der Waals surface area (Å²) in [6.07, 6.45) is 2.04. The molecule has 0 spiro atoms. The van der Waals surface area contributed by atoms with Gasteiger partial charge in [-0.05, 0) is 30.9 Å². The van der Waals surface area contributed by atoms with E-state index in [1.165, 1.54) is 6.07 Å². The molecule has 2 rings (SSSR count). The van der Waals surface area contributed by atoms with Gasteiger partial charge < -0.3 is 22.1 Å². The Bertz CT molecular complexity index is 645. The molecule has 6 N–H and O–H groups in total. The van der Waals surface area contributed by atoms with E-state index in [0.29, 0.717) is 17.3 Å². The van der Waals surface area contributed by atoms with E-state index in [2.05, 4.69) is 16.9 Å². The van der Waals surface area contributed by atoms with E-state index < -0.39 is 4.92 Å². The van der Waals surface area contributed by atoms with Gasteiger partial charge in [0, 0.05) is 19.2 Å². The summed E-state index contributed by atoms with van der Waals surface area (Å²) in [5.41, 5.74) is 16.9. The molecule has 0 aliphatic carbocycles. The average Bonchev–Trinajstić information content (AvgIpc) is 2.47. The lowest BCUT2D eigenvalue weighted by Gasteiger charge is -2.31. The number of hydrogen-bond donors (Lipinski definition) is 3. The second-order valence-corrected chi connectivity index (χ2v) is 5.61. The molecule has 1 aromatic rings. The fourth-order valence-corrected chi connectivity index (χ4v) is 2.53. The van der Waals surface area contributed by atoms with Gasteiger partial charge in [0.2, 0.25) is 5.96 Å². The smallest absolute Gasteiger partial charge is 0.294 e. The van der Waals surface area contributed by atoms with E-state index in [1.807, 2.05) is 4.90 Å². The first-order chi connectivity index (χ1) is 10.9. The molecule has 0 unspecified atom stereocenters. The number of nitro benzene ring substituents is 1. The molecule has 23 heavy (non-hydrogen) atoms. The Morgan fingerprint density at radius 3 is 2.52 bits per heavy atom. The Hall–Kier alpha value is -2.84. The van der Waals surface area contributed by atoms with Crippen molar-refractivity contribution in [2.24, 2.45) is 33.1 Å². The van der Waals surface area contributed by atoms with Crippen LogP contribution in [0.4, 0.5) is 17.1 Å². The van der Waals surface area contributed by atoms with E-state index in [-0.39, 0.29) is 17.6 Å². The summed E-state index contributed by atoms with van der Waals surface area (Å²) in [6.45, 7) is 3.80. The average molecular weight is 319 g/mol. The van der Waals surface area contributed by atoms with Gasteiger partial charge in [0.1, 0.15) is 5.69 Å². The van der Waals surface area contributed by atoms with Crippen molar-refractivity contribution in [1.82, 2.24) is 0 Å². The summed E-state index contributed by atoms with van der Waals surface area (Å²) in [6, 6.07) is 4.73. The highest BCUT2D eigenvalue weighted by Crippen LogP contribution is 2.34. The number of nitrogens with zero attached hydrogens (tertiary/aromatic N) is 4. The normalized spacial score (nSPS) is 16.2. The minimum absolute atomic E-state index is 0.00157. The Morgan fingerprint density at radius 2 is 1.96 bits per heavy atom. The van der Waals surface area contributed by atoms with Gasteiger partial charge >= 0.3 is 0 Å². The van der Waals surface area contributed by atoms with Gasteiger partial charge in [-0.15, -0.1) is 0 Å². The van der Waals surface area contributed by atoms with Gasteiger partial charge in [-0.3, -0.25) is 10.1 Å². The van der Waals surface area contributed by atoms with Crippen molar-refractivity contribution in [3.63, 3.8) is 0 Å². The first-order valence-electron chi connectivity index (χ1n) is 7.34. The van der Waals surface area contributed by atoms with Gasteiger partial charge in [0.05, 0.1) is 10.6 Å². The second-order valence-electron chi connectivity index (χ2n) is 5.61. The molecule has 1 heterocycles. The van der Waals surface area contributed by atoms with E-state index in [4.69, 9.17) is 17.2 Å². The fraction of sp³-hybridized carbons (Fsp3) is 0.429. The molecule has 0 saturated carbocycles. The van der Waals surface area contributed by atoms with Gasteiger partial charge in [-0.1, -0.05) is 6.92 Å². The quantitative estimate of drug-likeness (QED) is 0.328. The van der Waals surface area contributed by atoms with Crippen LogP contribution in [0.1, 0.15) is 19.8 Å². The van der Waals surface area contributed by atoms with E-state index in [0.717, 1.165) is 25.9 Å². The molecule has 1 saturated heterocycles. The lowest BCUT2D eigenvalue weighted by Crippen LogP contribution is -2.33. The van der Waals surface area contributed by atoms with Crippen LogP contribution in [0.5, 0.6) is 0 Å².